The second-order valence-electron chi connectivity index (χ2n) is 6.20. The molecule has 3 N–H and O–H groups in total. The first-order valence-electron chi connectivity index (χ1n) is 8.50. The average molecular weight is 379 g/mol. The maximum absolute atomic E-state index is 8.07. The van der Waals surface area contributed by atoms with Crippen molar-refractivity contribution in [3.8, 4) is 16.9 Å². The van der Waals surface area contributed by atoms with Crippen LogP contribution in [0, 0.1) is 16.7 Å². The zero-order chi connectivity index (χ0) is 19.4. The van der Waals surface area contributed by atoms with Crippen LogP contribution in [0.4, 0.5) is 5.82 Å². The molecule has 0 atom stereocenters. The van der Waals surface area contributed by atoms with E-state index in [1.807, 2.05) is 50.2 Å². The molecule has 1 aromatic carbocycles. The fourth-order valence-electron chi connectivity index (χ4n) is 2.55. The highest BCUT2D eigenvalue weighted by Gasteiger charge is 2.13. The minimum Gasteiger partial charge on any atom is -0.496 e. The standard InChI is InChI=1S/C20H21N5OS/c1-12(2)19(21)27-20(22)25-17-9-8-15-18(24-17)14(10-11-23-15)13-6-4-5-7-16(13)26-3/h4-12,21H,1-3H3,(H2,22,24,25). The van der Waals surface area contributed by atoms with Gasteiger partial charge in [-0.1, -0.05) is 32.0 Å². The molecule has 7 heteroatoms. The van der Waals surface area contributed by atoms with Gasteiger partial charge >= 0.3 is 0 Å². The highest BCUT2D eigenvalue weighted by Crippen LogP contribution is 2.33. The summed E-state index contributed by atoms with van der Waals surface area (Å²) in [7, 11) is 1.64. The van der Waals surface area contributed by atoms with Crippen molar-refractivity contribution in [3.05, 3.63) is 48.7 Å². The molecule has 0 bridgehead atoms. The first kappa shape index (κ1) is 18.8. The quantitative estimate of drug-likeness (QED) is 0.437. The maximum Gasteiger partial charge on any atom is 0.165 e. The number of anilines is 1. The number of aromatic nitrogens is 2. The van der Waals surface area contributed by atoms with Gasteiger partial charge < -0.3 is 10.1 Å². The summed E-state index contributed by atoms with van der Waals surface area (Å²) in [6.45, 7) is 3.87. The summed E-state index contributed by atoms with van der Waals surface area (Å²) in [5.41, 5.74) is 3.33. The van der Waals surface area contributed by atoms with Gasteiger partial charge in [0.2, 0.25) is 0 Å². The molecule has 0 spiro atoms. The predicted octanol–water partition coefficient (Wildman–Crippen LogP) is 5.02. The molecule has 0 saturated heterocycles. The molecule has 0 aliphatic rings. The molecule has 2 aromatic heterocycles. The van der Waals surface area contributed by atoms with Crippen molar-refractivity contribution in [2.75, 3.05) is 12.4 Å². The lowest BCUT2D eigenvalue weighted by molar-refractivity contribution is 0.416. The minimum absolute atomic E-state index is 0.0862. The average Bonchev–Trinajstić information content (AvgIpc) is 2.67. The number of nitrogens with zero attached hydrogens (tertiary/aromatic N) is 2. The molecule has 138 valence electrons. The van der Waals surface area contributed by atoms with Crippen molar-refractivity contribution in [1.82, 2.24) is 9.97 Å². The van der Waals surface area contributed by atoms with Crippen molar-refractivity contribution in [3.63, 3.8) is 0 Å². The van der Waals surface area contributed by atoms with Crippen LogP contribution in [-0.2, 0) is 0 Å². The molecule has 0 aliphatic heterocycles. The largest absolute Gasteiger partial charge is 0.496 e. The summed E-state index contributed by atoms with van der Waals surface area (Å²) in [5, 5.41) is 19.5. The highest BCUT2D eigenvalue weighted by atomic mass is 32.2. The molecule has 0 amide bonds. The van der Waals surface area contributed by atoms with Crippen LogP contribution in [0.1, 0.15) is 13.8 Å². The Labute approximate surface area is 162 Å². The Morgan fingerprint density at radius 1 is 1.07 bits per heavy atom. The van der Waals surface area contributed by atoms with Crippen molar-refractivity contribution < 1.29 is 4.74 Å². The van der Waals surface area contributed by atoms with E-state index in [9.17, 15) is 0 Å². The maximum atomic E-state index is 8.07. The molecule has 0 aliphatic carbocycles. The van der Waals surface area contributed by atoms with Crippen LogP contribution in [0.25, 0.3) is 22.2 Å². The summed E-state index contributed by atoms with van der Waals surface area (Å²) < 4.78 is 5.48. The van der Waals surface area contributed by atoms with Gasteiger partial charge in [0.15, 0.2) is 5.17 Å². The van der Waals surface area contributed by atoms with Gasteiger partial charge in [-0.15, -0.1) is 0 Å². The normalized spacial score (nSPS) is 10.8. The number of methoxy groups -OCH3 is 1. The number of nitrogens with one attached hydrogen (secondary N) is 3. The molecule has 0 radical (unpaired) electrons. The van der Waals surface area contributed by atoms with E-state index in [4.69, 9.17) is 15.6 Å². The predicted molar refractivity (Wildman–Crippen MR) is 113 cm³/mol. The Hall–Kier alpha value is -2.93. The van der Waals surface area contributed by atoms with Crippen LogP contribution in [0.15, 0.2) is 48.7 Å². The smallest absolute Gasteiger partial charge is 0.165 e. The molecule has 0 fully saturated rings. The molecule has 0 unspecified atom stereocenters. The zero-order valence-corrected chi connectivity index (χ0v) is 16.2. The number of benzene rings is 1. The number of hydrogen-bond acceptors (Lipinski definition) is 6. The van der Waals surface area contributed by atoms with E-state index in [0.717, 1.165) is 39.7 Å². The summed E-state index contributed by atoms with van der Waals surface area (Å²) in [5.74, 6) is 1.39. The van der Waals surface area contributed by atoms with E-state index >= 15 is 0 Å². The van der Waals surface area contributed by atoms with Crippen molar-refractivity contribution in [1.29, 1.82) is 10.8 Å². The Balaban J connectivity index is 1.97. The van der Waals surface area contributed by atoms with E-state index in [2.05, 4.69) is 15.3 Å². The third-order valence-corrected chi connectivity index (χ3v) is 4.96. The number of thioether (sulfide) groups is 1. The molecule has 0 saturated carbocycles. The first-order valence-corrected chi connectivity index (χ1v) is 9.32. The number of para-hydroxylation sites is 1. The van der Waals surface area contributed by atoms with Gasteiger partial charge in [0.05, 0.1) is 23.2 Å². The number of rotatable bonds is 4. The lowest BCUT2D eigenvalue weighted by Gasteiger charge is -2.12. The molecular formula is C20H21N5OS. The number of pyridine rings is 2. The third kappa shape index (κ3) is 4.25. The van der Waals surface area contributed by atoms with Gasteiger partial charge in [0, 0.05) is 23.2 Å². The van der Waals surface area contributed by atoms with Gasteiger partial charge in [0.25, 0.3) is 0 Å². The fourth-order valence-corrected chi connectivity index (χ4v) is 3.16. The molecule has 6 nitrogen and oxygen atoms in total. The van der Waals surface area contributed by atoms with Gasteiger partial charge in [-0.2, -0.15) is 0 Å². The molecular weight excluding hydrogens is 358 g/mol. The van der Waals surface area contributed by atoms with Crippen LogP contribution >= 0.6 is 11.8 Å². The van der Waals surface area contributed by atoms with Crippen LogP contribution in [0.5, 0.6) is 5.75 Å². The second kappa shape index (κ2) is 8.18. The van der Waals surface area contributed by atoms with Crippen LogP contribution in [-0.4, -0.2) is 27.3 Å². The van der Waals surface area contributed by atoms with Gasteiger partial charge in [-0.05, 0) is 36.0 Å². The zero-order valence-electron chi connectivity index (χ0n) is 15.4. The van der Waals surface area contributed by atoms with E-state index in [0.29, 0.717) is 10.9 Å². The van der Waals surface area contributed by atoms with Crippen LogP contribution in [0.2, 0.25) is 0 Å². The summed E-state index contributed by atoms with van der Waals surface area (Å²) in [6, 6.07) is 13.3. The SMILES string of the molecule is COc1ccccc1-c1ccnc2ccc(NC(=N)SC(=N)C(C)C)nc12. The Morgan fingerprint density at radius 3 is 2.59 bits per heavy atom. The van der Waals surface area contributed by atoms with E-state index in [1.54, 1.807) is 19.4 Å². The van der Waals surface area contributed by atoms with Gasteiger partial charge in [-0.3, -0.25) is 15.8 Å². The Bertz CT molecular complexity index is 1000. The lowest BCUT2D eigenvalue weighted by Crippen LogP contribution is -2.13. The summed E-state index contributed by atoms with van der Waals surface area (Å²) in [6.07, 6.45) is 1.75. The summed E-state index contributed by atoms with van der Waals surface area (Å²) >= 11 is 1.09. The fraction of sp³-hybridized carbons (Fsp3) is 0.200. The van der Waals surface area contributed by atoms with Crippen molar-refractivity contribution in [2.24, 2.45) is 5.92 Å². The minimum atomic E-state index is 0.0862. The van der Waals surface area contributed by atoms with Crippen LogP contribution < -0.4 is 10.1 Å². The molecule has 3 aromatic rings. The second-order valence-corrected chi connectivity index (χ2v) is 7.25. The number of hydrogen-bond donors (Lipinski definition) is 3. The number of ether oxygens (including phenoxy) is 1. The van der Waals surface area contributed by atoms with E-state index < -0.39 is 0 Å². The Kier molecular flexibility index (Phi) is 5.71. The van der Waals surface area contributed by atoms with Crippen LogP contribution in [0.3, 0.4) is 0 Å². The first-order chi connectivity index (χ1) is 13.0. The number of amidine groups is 1. The monoisotopic (exact) mass is 379 g/mol. The Morgan fingerprint density at radius 2 is 1.85 bits per heavy atom. The molecule has 3 rings (SSSR count). The van der Waals surface area contributed by atoms with Gasteiger partial charge in [0.1, 0.15) is 11.6 Å². The summed E-state index contributed by atoms with van der Waals surface area (Å²) in [4.78, 5) is 9.06. The topological polar surface area (TPSA) is 94.7 Å². The van der Waals surface area contributed by atoms with Crippen molar-refractivity contribution >= 4 is 38.8 Å². The highest BCUT2D eigenvalue weighted by molar-refractivity contribution is 8.26. The molecule has 2 heterocycles. The van der Waals surface area contributed by atoms with E-state index in [1.165, 1.54) is 0 Å². The number of fused-ring (bicyclic) bond motifs is 1. The van der Waals surface area contributed by atoms with Gasteiger partial charge in [-0.25, -0.2) is 4.98 Å². The lowest BCUT2D eigenvalue weighted by atomic mass is 10.0. The third-order valence-electron chi connectivity index (χ3n) is 3.96. The van der Waals surface area contributed by atoms with Crippen molar-refractivity contribution in [2.45, 2.75) is 13.8 Å². The molecule has 27 heavy (non-hydrogen) atoms. The van der Waals surface area contributed by atoms with E-state index in [-0.39, 0.29) is 11.1 Å².